The van der Waals surface area contributed by atoms with Gasteiger partial charge < -0.3 is 10.1 Å². The Morgan fingerprint density at radius 2 is 2.16 bits per heavy atom. The van der Waals surface area contributed by atoms with Crippen LogP contribution in [0.5, 0.6) is 0 Å². The van der Waals surface area contributed by atoms with Gasteiger partial charge in [-0.2, -0.15) is 11.8 Å². The predicted molar refractivity (Wildman–Crippen MR) is 82.8 cm³/mol. The Kier molecular flexibility index (Phi) is 4.17. The third-order valence-electron chi connectivity index (χ3n) is 5.60. The minimum atomic E-state index is 0.288. The molecule has 1 saturated carbocycles. The van der Waals surface area contributed by atoms with Crippen molar-refractivity contribution >= 4 is 11.8 Å². The van der Waals surface area contributed by atoms with Crippen molar-refractivity contribution < 1.29 is 4.74 Å². The molecular weight excluding hydrogens is 254 g/mol. The molecule has 2 aliphatic heterocycles. The van der Waals surface area contributed by atoms with Crippen LogP contribution in [0.2, 0.25) is 0 Å². The van der Waals surface area contributed by atoms with Crippen molar-refractivity contribution in [2.75, 3.05) is 18.9 Å². The minimum absolute atomic E-state index is 0.288. The van der Waals surface area contributed by atoms with E-state index in [9.17, 15) is 0 Å². The highest BCUT2D eigenvalue weighted by Gasteiger charge is 2.48. The molecule has 3 aliphatic rings. The second-order valence-electron chi connectivity index (χ2n) is 6.94. The van der Waals surface area contributed by atoms with Gasteiger partial charge in [-0.3, -0.25) is 0 Å². The van der Waals surface area contributed by atoms with Crippen LogP contribution >= 0.6 is 11.8 Å². The van der Waals surface area contributed by atoms with Crippen LogP contribution in [-0.2, 0) is 4.74 Å². The molecule has 0 aromatic heterocycles. The number of hydrogen-bond acceptors (Lipinski definition) is 3. The second-order valence-corrected chi connectivity index (χ2v) is 8.57. The summed E-state index contributed by atoms with van der Waals surface area (Å²) in [6.45, 7) is 6.85. The number of rotatable bonds is 4. The SMILES string of the molecule is CCNC(C1CCOC2(CCC2)C1)C1(C)CCCS1. The fourth-order valence-corrected chi connectivity index (χ4v) is 5.92. The second kappa shape index (κ2) is 5.57. The molecule has 1 N–H and O–H groups in total. The largest absolute Gasteiger partial charge is 0.375 e. The van der Waals surface area contributed by atoms with Crippen LogP contribution in [0.15, 0.2) is 0 Å². The first kappa shape index (κ1) is 14.2. The minimum Gasteiger partial charge on any atom is -0.375 e. The summed E-state index contributed by atoms with van der Waals surface area (Å²) >= 11 is 2.21. The van der Waals surface area contributed by atoms with Gasteiger partial charge in [0.25, 0.3) is 0 Å². The Morgan fingerprint density at radius 3 is 2.74 bits per heavy atom. The maximum absolute atomic E-state index is 6.12. The van der Waals surface area contributed by atoms with Gasteiger partial charge >= 0.3 is 0 Å². The van der Waals surface area contributed by atoms with Gasteiger partial charge in [-0.1, -0.05) is 6.92 Å². The summed E-state index contributed by atoms with van der Waals surface area (Å²) in [5, 5.41) is 3.84. The molecule has 0 radical (unpaired) electrons. The molecule has 0 bridgehead atoms. The molecule has 3 unspecified atom stereocenters. The van der Waals surface area contributed by atoms with Gasteiger partial charge in [0.2, 0.25) is 0 Å². The standard InChI is InChI=1S/C16H29NOS/c1-3-17-14(15(2)7-5-11-19-15)13-6-10-18-16(12-13)8-4-9-16/h13-14,17H,3-12H2,1-2H3. The van der Waals surface area contributed by atoms with Crippen molar-refractivity contribution in [2.24, 2.45) is 5.92 Å². The molecule has 3 heteroatoms. The number of thioether (sulfide) groups is 1. The third kappa shape index (κ3) is 2.71. The number of nitrogens with one attached hydrogen (secondary N) is 1. The van der Waals surface area contributed by atoms with E-state index in [-0.39, 0.29) is 5.60 Å². The van der Waals surface area contributed by atoms with Gasteiger partial charge in [-0.25, -0.2) is 0 Å². The molecule has 3 fully saturated rings. The maximum atomic E-state index is 6.12. The average Bonchev–Trinajstić information content (AvgIpc) is 2.82. The van der Waals surface area contributed by atoms with Gasteiger partial charge in [0.1, 0.15) is 0 Å². The van der Waals surface area contributed by atoms with Crippen molar-refractivity contribution in [3.8, 4) is 0 Å². The van der Waals surface area contributed by atoms with E-state index in [1.165, 1.54) is 50.7 Å². The fraction of sp³-hybridized carbons (Fsp3) is 1.00. The highest BCUT2D eigenvalue weighted by molar-refractivity contribution is 8.00. The van der Waals surface area contributed by atoms with Gasteiger partial charge in [0.05, 0.1) is 5.60 Å². The van der Waals surface area contributed by atoms with Crippen molar-refractivity contribution in [2.45, 2.75) is 75.2 Å². The zero-order valence-corrected chi connectivity index (χ0v) is 13.4. The highest BCUT2D eigenvalue weighted by atomic mass is 32.2. The molecule has 19 heavy (non-hydrogen) atoms. The Hall–Kier alpha value is 0.270. The van der Waals surface area contributed by atoms with Gasteiger partial charge in [0.15, 0.2) is 0 Å². The van der Waals surface area contributed by atoms with Gasteiger partial charge in [-0.15, -0.1) is 0 Å². The van der Waals surface area contributed by atoms with Crippen LogP contribution in [0.4, 0.5) is 0 Å². The predicted octanol–water partition coefficient (Wildman–Crippen LogP) is 3.60. The molecular formula is C16H29NOS. The topological polar surface area (TPSA) is 21.3 Å². The Bertz CT molecular complexity index is 310. The highest BCUT2D eigenvalue weighted by Crippen LogP contribution is 2.49. The summed E-state index contributed by atoms with van der Waals surface area (Å²) in [6, 6.07) is 0.686. The van der Waals surface area contributed by atoms with E-state index in [2.05, 4.69) is 30.9 Å². The van der Waals surface area contributed by atoms with Gasteiger partial charge in [0, 0.05) is 17.4 Å². The molecule has 0 aromatic rings. The van der Waals surface area contributed by atoms with Crippen molar-refractivity contribution in [3.05, 3.63) is 0 Å². The van der Waals surface area contributed by atoms with Crippen LogP contribution in [0, 0.1) is 5.92 Å². The van der Waals surface area contributed by atoms with Crippen molar-refractivity contribution in [1.82, 2.24) is 5.32 Å². The Labute approximate surface area is 122 Å². The average molecular weight is 283 g/mol. The zero-order chi connectivity index (χ0) is 13.3. The van der Waals surface area contributed by atoms with Gasteiger partial charge in [-0.05, 0) is 70.1 Å². The van der Waals surface area contributed by atoms with E-state index in [0.29, 0.717) is 10.8 Å². The number of hydrogen-bond donors (Lipinski definition) is 1. The van der Waals surface area contributed by atoms with E-state index in [0.717, 1.165) is 19.1 Å². The fourth-order valence-electron chi connectivity index (χ4n) is 4.42. The van der Waals surface area contributed by atoms with Crippen molar-refractivity contribution in [3.63, 3.8) is 0 Å². The molecule has 110 valence electrons. The molecule has 3 rings (SSSR count). The zero-order valence-electron chi connectivity index (χ0n) is 12.5. The molecule has 2 nitrogen and oxygen atoms in total. The molecule has 1 aliphatic carbocycles. The number of ether oxygens (including phenoxy) is 1. The molecule has 0 amide bonds. The van der Waals surface area contributed by atoms with E-state index < -0.39 is 0 Å². The van der Waals surface area contributed by atoms with Crippen LogP contribution in [-0.4, -0.2) is 35.3 Å². The van der Waals surface area contributed by atoms with E-state index in [1.807, 2.05) is 0 Å². The van der Waals surface area contributed by atoms with Crippen molar-refractivity contribution in [1.29, 1.82) is 0 Å². The smallest absolute Gasteiger partial charge is 0.0685 e. The lowest BCUT2D eigenvalue weighted by atomic mass is 9.68. The first-order valence-electron chi connectivity index (χ1n) is 8.19. The lowest BCUT2D eigenvalue weighted by Gasteiger charge is -2.51. The summed E-state index contributed by atoms with van der Waals surface area (Å²) in [6.07, 6.45) is 9.36. The molecule has 1 spiro atoms. The molecule has 2 saturated heterocycles. The van der Waals surface area contributed by atoms with E-state index in [1.54, 1.807) is 0 Å². The monoisotopic (exact) mass is 283 g/mol. The summed E-state index contributed by atoms with van der Waals surface area (Å²) in [4.78, 5) is 0. The van der Waals surface area contributed by atoms with Crippen LogP contribution in [0.3, 0.4) is 0 Å². The van der Waals surface area contributed by atoms with E-state index >= 15 is 0 Å². The third-order valence-corrected chi connectivity index (χ3v) is 7.21. The Balaban J connectivity index is 1.72. The quantitative estimate of drug-likeness (QED) is 0.852. The summed E-state index contributed by atoms with van der Waals surface area (Å²) in [5.41, 5.74) is 0.288. The lowest BCUT2D eigenvalue weighted by molar-refractivity contribution is -0.148. The van der Waals surface area contributed by atoms with Crippen LogP contribution in [0.1, 0.15) is 58.8 Å². The first-order valence-corrected chi connectivity index (χ1v) is 9.17. The van der Waals surface area contributed by atoms with E-state index in [4.69, 9.17) is 4.74 Å². The summed E-state index contributed by atoms with van der Waals surface area (Å²) in [7, 11) is 0. The maximum Gasteiger partial charge on any atom is 0.0685 e. The summed E-state index contributed by atoms with van der Waals surface area (Å²) < 4.78 is 6.58. The lowest BCUT2D eigenvalue weighted by Crippen LogP contribution is -2.56. The summed E-state index contributed by atoms with van der Waals surface area (Å²) in [5.74, 6) is 2.18. The molecule has 3 atom stereocenters. The normalized spacial score (nSPS) is 39.2. The first-order chi connectivity index (χ1) is 9.18. The Morgan fingerprint density at radius 1 is 1.32 bits per heavy atom. The molecule has 0 aromatic carbocycles. The molecule has 2 heterocycles. The van der Waals surface area contributed by atoms with Crippen LogP contribution in [0.25, 0.3) is 0 Å². The van der Waals surface area contributed by atoms with Crippen LogP contribution < -0.4 is 5.32 Å².